The lowest BCUT2D eigenvalue weighted by Gasteiger charge is -2.03. The van der Waals surface area contributed by atoms with E-state index in [0.29, 0.717) is 0 Å². The van der Waals surface area contributed by atoms with E-state index in [2.05, 4.69) is 31.9 Å². The molecule has 0 saturated carbocycles. The SMILES string of the molecule is N#C[C@H](N)c1ccc(Br)c(Br)c1. The van der Waals surface area contributed by atoms with Gasteiger partial charge in [0.15, 0.2) is 0 Å². The van der Waals surface area contributed by atoms with Crippen molar-refractivity contribution in [3.05, 3.63) is 32.7 Å². The molecule has 0 aliphatic rings. The summed E-state index contributed by atoms with van der Waals surface area (Å²) in [5, 5.41) is 8.55. The van der Waals surface area contributed by atoms with Gasteiger partial charge >= 0.3 is 0 Å². The first-order valence-electron chi connectivity index (χ1n) is 3.25. The van der Waals surface area contributed by atoms with Gasteiger partial charge in [-0.1, -0.05) is 6.07 Å². The van der Waals surface area contributed by atoms with Crippen LogP contribution in [0.5, 0.6) is 0 Å². The lowest BCUT2D eigenvalue weighted by molar-refractivity contribution is 0.924. The molecule has 62 valence electrons. The van der Waals surface area contributed by atoms with Crippen LogP contribution in [-0.2, 0) is 0 Å². The number of nitriles is 1. The van der Waals surface area contributed by atoms with Crippen molar-refractivity contribution >= 4 is 31.9 Å². The molecule has 2 nitrogen and oxygen atoms in total. The smallest absolute Gasteiger partial charge is 0.118 e. The molecule has 0 spiro atoms. The summed E-state index contributed by atoms with van der Waals surface area (Å²) < 4.78 is 1.86. The molecule has 4 heteroatoms. The zero-order valence-corrected chi connectivity index (χ0v) is 9.26. The lowest BCUT2D eigenvalue weighted by atomic mass is 10.1. The Morgan fingerprint density at radius 3 is 2.50 bits per heavy atom. The van der Waals surface area contributed by atoms with Gasteiger partial charge in [0, 0.05) is 8.95 Å². The van der Waals surface area contributed by atoms with Crippen molar-refractivity contribution in [1.29, 1.82) is 5.26 Å². The summed E-state index contributed by atoms with van der Waals surface area (Å²) in [6.07, 6.45) is 0. The van der Waals surface area contributed by atoms with Crippen LogP contribution in [0.3, 0.4) is 0 Å². The molecule has 0 saturated heterocycles. The minimum atomic E-state index is -0.547. The highest BCUT2D eigenvalue weighted by molar-refractivity contribution is 9.13. The average molecular weight is 290 g/mol. The van der Waals surface area contributed by atoms with Gasteiger partial charge in [-0.15, -0.1) is 0 Å². The molecule has 0 amide bonds. The lowest BCUT2D eigenvalue weighted by Crippen LogP contribution is -2.06. The fourth-order valence-corrected chi connectivity index (χ4v) is 1.42. The standard InChI is InChI=1S/C8H6Br2N2/c9-6-2-1-5(3-7(6)10)8(12)4-11/h1-3,8H,12H2/t8-/m0/s1. The number of benzene rings is 1. The van der Waals surface area contributed by atoms with E-state index < -0.39 is 6.04 Å². The second-order valence-electron chi connectivity index (χ2n) is 2.28. The van der Waals surface area contributed by atoms with Gasteiger partial charge in [-0.25, -0.2) is 0 Å². The molecule has 1 atom stereocenters. The van der Waals surface area contributed by atoms with Crippen LogP contribution in [0.25, 0.3) is 0 Å². The van der Waals surface area contributed by atoms with E-state index in [4.69, 9.17) is 11.0 Å². The Morgan fingerprint density at radius 1 is 1.33 bits per heavy atom. The fourth-order valence-electron chi connectivity index (χ4n) is 0.780. The van der Waals surface area contributed by atoms with E-state index in [1.807, 2.05) is 24.3 Å². The first-order chi connectivity index (χ1) is 5.65. The largest absolute Gasteiger partial charge is 0.312 e. The van der Waals surface area contributed by atoms with Crippen LogP contribution >= 0.6 is 31.9 Å². The quantitative estimate of drug-likeness (QED) is 0.864. The van der Waals surface area contributed by atoms with Gasteiger partial charge in [0.05, 0.1) is 6.07 Å². The minimum Gasteiger partial charge on any atom is -0.312 e. The summed E-state index contributed by atoms with van der Waals surface area (Å²) in [6, 6.07) is 6.93. The second kappa shape index (κ2) is 4.04. The van der Waals surface area contributed by atoms with Gasteiger partial charge in [-0.2, -0.15) is 5.26 Å². The summed E-state index contributed by atoms with van der Waals surface area (Å²) in [5.74, 6) is 0. The molecule has 0 aromatic heterocycles. The third-order valence-electron chi connectivity index (χ3n) is 1.44. The number of nitrogens with zero attached hydrogens (tertiary/aromatic N) is 1. The predicted octanol–water partition coefficient (Wildman–Crippen LogP) is 2.73. The summed E-state index contributed by atoms with van der Waals surface area (Å²) >= 11 is 6.66. The number of hydrogen-bond acceptors (Lipinski definition) is 2. The summed E-state index contributed by atoms with van der Waals surface area (Å²) in [4.78, 5) is 0. The second-order valence-corrected chi connectivity index (χ2v) is 3.99. The maximum atomic E-state index is 8.55. The van der Waals surface area contributed by atoms with E-state index >= 15 is 0 Å². The topological polar surface area (TPSA) is 49.8 Å². The highest BCUT2D eigenvalue weighted by atomic mass is 79.9. The summed E-state index contributed by atoms with van der Waals surface area (Å²) in [5.41, 5.74) is 6.33. The molecule has 0 bridgehead atoms. The van der Waals surface area contributed by atoms with Crippen molar-refractivity contribution in [2.75, 3.05) is 0 Å². The molecule has 0 heterocycles. The van der Waals surface area contributed by atoms with E-state index in [1.165, 1.54) is 0 Å². The predicted molar refractivity (Wildman–Crippen MR) is 54.4 cm³/mol. The van der Waals surface area contributed by atoms with Crippen LogP contribution < -0.4 is 5.73 Å². The molecule has 1 rings (SSSR count). The third-order valence-corrected chi connectivity index (χ3v) is 3.32. The molecule has 1 aromatic rings. The molecule has 12 heavy (non-hydrogen) atoms. The van der Waals surface area contributed by atoms with Crippen molar-refractivity contribution < 1.29 is 0 Å². The van der Waals surface area contributed by atoms with E-state index in [-0.39, 0.29) is 0 Å². The van der Waals surface area contributed by atoms with Gasteiger partial charge in [-0.05, 0) is 49.6 Å². The minimum absolute atomic E-state index is 0.547. The van der Waals surface area contributed by atoms with Crippen LogP contribution in [0.15, 0.2) is 27.1 Å². The summed E-state index contributed by atoms with van der Waals surface area (Å²) in [7, 11) is 0. The molecule has 1 aromatic carbocycles. The van der Waals surface area contributed by atoms with E-state index in [0.717, 1.165) is 14.5 Å². The Bertz CT molecular complexity index is 330. The number of rotatable bonds is 1. The molecule has 0 aliphatic carbocycles. The van der Waals surface area contributed by atoms with Crippen molar-refractivity contribution in [3.8, 4) is 6.07 Å². The van der Waals surface area contributed by atoms with Crippen LogP contribution in [0.1, 0.15) is 11.6 Å². The monoisotopic (exact) mass is 288 g/mol. The highest BCUT2D eigenvalue weighted by Crippen LogP contribution is 2.25. The molecule has 0 radical (unpaired) electrons. The molecular formula is C8H6Br2N2. The summed E-state index contributed by atoms with van der Waals surface area (Å²) in [6.45, 7) is 0. The third kappa shape index (κ3) is 2.07. The molecule has 0 aliphatic heterocycles. The maximum absolute atomic E-state index is 8.55. The first-order valence-corrected chi connectivity index (χ1v) is 4.84. The zero-order valence-electron chi connectivity index (χ0n) is 6.09. The normalized spacial score (nSPS) is 12.2. The van der Waals surface area contributed by atoms with Crippen LogP contribution in [0, 0.1) is 11.3 Å². The fraction of sp³-hybridized carbons (Fsp3) is 0.125. The van der Waals surface area contributed by atoms with Crippen molar-refractivity contribution in [3.63, 3.8) is 0 Å². The zero-order chi connectivity index (χ0) is 9.14. The first kappa shape index (κ1) is 9.72. The Morgan fingerprint density at radius 2 is 2.00 bits per heavy atom. The number of halogens is 2. The highest BCUT2D eigenvalue weighted by Gasteiger charge is 2.05. The van der Waals surface area contributed by atoms with Crippen molar-refractivity contribution in [2.24, 2.45) is 5.73 Å². The van der Waals surface area contributed by atoms with Gasteiger partial charge in [0.1, 0.15) is 6.04 Å². The van der Waals surface area contributed by atoms with Crippen LogP contribution in [0.2, 0.25) is 0 Å². The van der Waals surface area contributed by atoms with Gasteiger partial charge < -0.3 is 5.73 Å². The Kier molecular flexibility index (Phi) is 3.27. The average Bonchev–Trinajstić information content (AvgIpc) is 2.08. The van der Waals surface area contributed by atoms with E-state index in [9.17, 15) is 0 Å². The van der Waals surface area contributed by atoms with Gasteiger partial charge in [0.2, 0.25) is 0 Å². The number of nitrogens with two attached hydrogens (primary N) is 1. The van der Waals surface area contributed by atoms with Gasteiger partial charge in [0.25, 0.3) is 0 Å². The van der Waals surface area contributed by atoms with Crippen LogP contribution in [-0.4, -0.2) is 0 Å². The van der Waals surface area contributed by atoms with E-state index in [1.54, 1.807) is 0 Å². The Hall–Kier alpha value is -0.370. The molecule has 0 fully saturated rings. The van der Waals surface area contributed by atoms with Crippen molar-refractivity contribution in [2.45, 2.75) is 6.04 Å². The van der Waals surface area contributed by atoms with Gasteiger partial charge in [-0.3, -0.25) is 0 Å². The van der Waals surface area contributed by atoms with Crippen LogP contribution in [0.4, 0.5) is 0 Å². The molecular weight excluding hydrogens is 284 g/mol. The van der Waals surface area contributed by atoms with Crippen molar-refractivity contribution in [1.82, 2.24) is 0 Å². The molecule has 0 unspecified atom stereocenters. The Labute approximate surface area is 87.6 Å². The maximum Gasteiger partial charge on any atom is 0.118 e. The molecule has 2 N–H and O–H groups in total. The Balaban J connectivity index is 3.06. The number of hydrogen-bond donors (Lipinski definition) is 1.